The topological polar surface area (TPSA) is 32.3 Å². The molecule has 1 aliphatic rings. The van der Waals surface area contributed by atoms with E-state index < -0.39 is 0 Å². The van der Waals surface area contributed by atoms with Crippen molar-refractivity contribution in [2.45, 2.75) is 26.3 Å². The minimum atomic E-state index is 0.189. The van der Waals surface area contributed by atoms with Gasteiger partial charge in [-0.25, -0.2) is 0 Å². The van der Waals surface area contributed by atoms with E-state index in [1.54, 1.807) is 4.90 Å². The molecule has 0 atom stereocenters. The minimum absolute atomic E-state index is 0.189. The quantitative estimate of drug-likeness (QED) is 0.780. The first-order chi connectivity index (χ1) is 7.72. The second-order valence-electron chi connectivity index (χ2n) is 4.27. The van der Waals surface area contributed by atoms with E-state index in [1.807, 2.05) is 13.1 Å². The third-order valence-electron chi connectivity index (χ3n) is 2.98. The predicted octanol–water partition coefficient (Wildman–Crippen LogP) is 1.71. The van der Waals surface area contributed by atoms with Gasteiger partial charge in [-0.15, -0.1) is 0 Å². The van der Waals surface area contributed by atoms with E-state index in [9.17, 15) is 4.79 Å². The number of anilines is 1. The first kappa shape index (κ1) is 11.1. The monoisotopic (exact) mass is 218 g/mol. The lowest BCUT2D eigenvalue weighted by Gasteiger charge is -2.10. The summed E-state index contributed by atoms with van der Waals surface area (Å²) in [6.07, 6.45) is 1.69. The van der Waals surface area contributed by atoms with Crippen LogP contribution in [0, 0.1) is 0 Å². The number of benzene rings is 1. The molecule has 1 aromatic rings. The Morgan fingerprint density at radius 2 is 2.25 bits per heavy atom. The maximum Gasteiger partial charge on any atom is 0.231 e. The SMILES string of the molecule is CCCNCc1ccc2c(c1)CC(=O)N2C. The number of hydrogen-bond acceptors (Lipinski definition) is 2. The lowest BCUT2D eigenvalue weighted by atomic mass is 10.1. The van der Waals surface area contributed by atoms with Crippen LogP contribution in [0.25, 0.3) is 0 Å². The highest BCUT2D eigenvalue weighted by Gasteiger charge is 2.23. The Hall–Kier alpha value is -1.35. The van der Waals surface area contributed by atoms with E-state index in [4.69, 9.17) is 0 Å². The number of nitrogens with zero attached hydrogens (tertiary/aromatic N) is 1. The van der Waals surface area contributed by atoms with E-state index in [1.165, 1.54) is 5.56 Å². The first-order valence-electron chi connectivity index (χ1n) is 5.81. The van der Waals surface area contributed by atoms with Crippen molar-refractivity contribution in [2.24, 2.45) is 0 Å². The van der Waals surface area contributed by atoms with Crippen LogP contribution in [-0.2, 0) is 17.8 Å². The molecule has 0 aromatic heterocycles. The number of nitrogens with one attached hydrogen (secondary N) is 1. The fourth-order valence-electron chi connectivity index (χ4n) is 2.04. The summed E-state index contributed by atoms with van der Waals surface area (Å²) in [4.78, 5) is 13.2. The van der Waals surface area contributed by atoms with Gasteiger partial charge in [0.05, 0.1) is 6.42 Å². The van der Waals surface area contributed by atoms with Crippen LogP contribution in [0.4, 0.5) is 5.69 Å². The molecule has 0 bridgehead atoms. The van der Waals surface area contributed by atoms with Gasteiger partial charge in [-0.2, -0.15) is 0 Å². The molecular formula is C13H18N2O. The van der Waals surface area contributed by atoms with Gasteiger partial charge in [0.15, 0.2) is 0 Å². The summed E-state index contributed by atoms with van der Waals surface area (Å²) in [5, 5.41) is 3.37. The lowest BCUT2D eigenvalue weighted by molar-refractivity contribution is -0.117. The summed E-state index contributed by atoms with van der Waals surface area (Å²) in [5.74, 6) is 0.189. The maximum atomic E-state index is 11.5. The molecule has 0 unspecified atom stereocenters. The summed E-state index contributed by atoms with van der Waals surface area (Å²) in [6.45, 7) is 4.08. The summed E-state index contributed by atoms with van der Waals surface area (Å²) in [6, 6.07) is 6.28. The van der Waals surface area contributed by atoms with Crippen molar-refractivity contribution in [2.75, 3.05) is 18.5 Å². The molecule has 0 radical (unpaired) electrons. The molecule has 16 heavy (non-hydrogen) atoms. The number of rotatable bonds is 4. The Bertz CT molecular complexity index is 401. The molecule has 1 N–H and O–H groups in total. The highest BCUT2D eigenvalue weighted by atomic mass is 16.2. The molecule has 86 valence electrons. The smallest absolute Gasteiger partial charge is 0.231 e. The van der Waals surface area contributed by atoms with Gasteiger partial charge in [-0.1, -0.05) is 19.1 Å². The molecule has 1 heterocycles. The van der Waals surface area contributed by atoms with Crippen LogP contribution in [0.1, 0.15) is 24.5 Å². The number of amides is 1. The van der Waals surface area contributed by atoms with Gasteiger partial charge >= 0.3 is 0 Å². The van der Waals surface area contributed by atoms with Gasteiger partial charge in [0.1, 0.15) is 0 Å². The molecule has 1 aromatic carbocycles. The van der Waals surface area contributed by atoms with Gasteiger partial charge in [0.25, 0.3) is 0 Å². The normalized spacial score (nSPS) is 14.4. The Morgan fingerprint density at radius 1 is 1.44 bits per heavy atom. The van der Waals surface area contributed by atoms with Crippen molar-refractivity contribution in [1.29, 1.82) is 0 Å². The van der Waals surface area contributed by atoms with E-state index in [0.29, 0.717) is 6.42 Å². The molecule has 1 aliphatic heterocycles. The highest BCUT2D eigenvalue weighted by Crippen LogP contribution is 2.28. The second-order valence-corrected chi connectivity index (χ2v) is 4.27. The van der Waals surface area contributed by atoms with Crippen molar-refractivity contribution < 1.29 is 4.79 Å². The van der Waals surface area contributed by atoms with Crippen LogP contribution in [0.5, 0.6) is 0 Å². The Kier molecular flexibility index (Phi) is 3.25. The maximum absolute atomic E-state index is 11.5. The van der Waals surface area contributed by atoms with Crippen LogP contribution < -0.4 is 10.2 Å². The van der Waals surface area contributed by atoms with Gasteiger partial charge in [-0.3, -0.25) is 4.79 Å². The zero-order valence-corrected chi connectivity index (χ0v) is 9.92. The average molecular weight is 218 g/mol. The summed E-state index contributed by atoms with van der Waals surface area (Å²) >= 11 is 0. The summed E-state index contributed by atoms with van der Waals surface area (Å²) in [5.41, 5.74) is 3.47. The molecule has 0 saturated carbocycles. The van der Waals surface area contributed by atoms with Crippen molar-refractivity contribution in [3.05, 3.63) is 29.3 Å². The fraction of sp³-hybridized carbons (Fsp3) is 0.462. The average Bonchev–Trinajstić information content (AvgIpc) is 2.55. The molecule has 0 fully saturated rings. The molecule has 1 amide bonds. The van der Waals surface area contributed by atoms with Crippen LogP contribution in [-0.4, -0.2) is 19.5 Å². The van der Waals surface area contributed by atoms with Crippen molar-refractivity contribution in [3.8, 4) is 0 Å². The van der Waals surface area contributed by atoms with E-state index in [0.717, 1.165) is 30.8 Å². The number of carbonyl (C=O) groups excluding carboxylic acids is 1. The second kappa shape index (κ2) is 4.66. The standard InChI is InChI=1S/C13H18N2O/c1-3-6-14-9-10-4-5-12-11(7-10)8-13(16)15(12)2/h4-5,7,14H,3,6,8-9H2,1-2H3. The molecule has 0 spiro atoms. The molecule has 2 rings (SSSR count). The van der Waals surface area contributed by atoms with Crippen molar-refractivity contribution >= 4 is 11.6 Å². The van der Waals surface area contributed by atoms with Crippen LogP contribution in [0.2, 0.25) is 0 Å². The van der Waals surface area contributed by atoms with Crippen LogP contribution >= 0.6 is 0 Å². The van der Waals surface area contributed by atoms with E-state index >= 15 is 0 Å². The van der Waals surface area contributed by atoms with Crippen LogP contribution in [0.15, 0.2) is 18.2 Å². The van der Waals surface area contributed by atoms with Gasteiger partial charge in [0.2, 0.25) is 5.91 Å². The van der Waals surface area contributed by atoms with Gasteiger partial charge in [-0.05, 0) is 30.2 Å². The zero-order chi connectivity index (χ0) is 11.5. The van der Waals surface area contributed by atoms with Crippen LogP contribution in [0.3, 0.4) is 0 Å². The van der Waals surface area contributed by atoms with E-state index in [2.05, 4.69) is 24.4 Å². The highest BCUT2D eigenvalue weighted by molar-refractivity contribution is 6.00. The first-order valence-corrected chi connectivity index (χ1v) is 5.81. The minimum Gasteiger partial charge on any atom is -0.315 e. The molecule has 3 nitrogen and oxygen atoms in total. The molecule has 3 heteroatoms. The van der Waals surface area contributed by atoms with Gasteiger partial charge in [0, 0.05) is 19.3 Å². The zero-order valence-electron chi connectivity index (χ0n) is 9.92. The number of fused-ring (bicyclic) bond motifs is 1. The lowest BCUT2D eigenvalue weighted by Crippen LogP contribution is -2.20. The Morgan fingerprint density at radius 3 is 3.00 bits per heavy atom. The largest absolute Gasteiger partial charge is 0.315 e. The van der Waals surface area contributed by atoms with Crippen molar-refractivity contribution in [3.63, 3.8) is 0 Å². The summed E-state index contributed by atoms with van der Waals surface area (Å²) < 4.78 is 0. The van der Waals surface area contributed by atoms with Gasteiger partial charge < -0.3 is 10.2 Å². The Balaban J connectivity index is 2.09. The molecular weight excluding hydrogens is 200 g/mol. The fourth-order valence-corrected chi connectivity index (χ4v) is 2.04. The predicted molar refractivity (Wildman–Crippen MR) is 65.6 cm³/mol. The van der Waals surface area contributed by atoms with Crippen molar-refractivity contribution in [1.82, 2.24) is 5.32 Å². The third-order valence-corrected chi connectivity index (χ3v) is 2.98. The molecule has 0 saturated heterocycles. The molecule has 0 aliphatic carbocycles. The Labute approximate surface area is 96.5 Å². The number of hydrogen-bond donors (Lipinski definition) is 1. The third kappa shape index (κ3) is 2.09. The number of carbonyl (C=O) groups is 1. The van der Waals surface area contributed by atoms with E-state index in [-0.39, 0.29) is 5.91 Å². The summed E-state index contributed by atoms with van der Waals surface area (Å²) in [7, 11) is 1.84. The number of likely N-dealkylation sites (N-methyl/N-ethyl adjacent to an activating group) is 1.